The summed E-state index contributed by atoms with van der Waals surface area (Å²) in [6.07, 6.45) is 8.52. The number of hydrogen-bond acceptors (Lipinski definition) is 4. The lowest BCUT2D eigenvalue weighted by molar-refractivity contribution is -0.139. The second kappa shape index (κ2) is 10.2. The number of ether oxygens (including phenoxy) is 1. The predicted octanol–water partition coefficient (Wildman–Crippen LogP) is 5.21. The SMILES string of the molecule is CC1(C)COC(=O)N1CC1(C2CCCCC2)CCN(C(=O)C2C[C@H](N)CC2c2ccc(F)cc2F)CC1. The molecule has 0 radical (unpaired) electrons. The summed E-state index contributed by atoms with van der Waals surface area (Å²) in [6.45, 7) is 6.45. The van der Waals surface area contributed by atoms with Gasteiger partial charge in [-0.2, -0.15) is 0 Å². The van der Waals surface area contributed by atoms with Crippen LogP contribution >= 0.6 is 0 Å². The van der Waals surface area contributed by atoms with Crippen molar-refractivity contribution in [1.29, 1.82) is 0 Å². The lowest BCUT2D eigenvalue weighted by Gasteiger charge is -2.51. The second-order valence-electron chi connectivity index (χ2n) is 12.6. The van der Waals surface area contributed by atoms with Gasteiger partial charge in [0.25, 0.3) is 0 Å². The molecule has 204 valence electrons. The number of hydrogen-bond donors (Lipinski definition) is 1. The molecular weight excluding hydrogens is 476 g/mol. The number of cyclic esters (lactones) is 1. The molecule has 2 saturated heterocycles. The molecule has 5 rings (SSSR count). The van der Waals surface area contributed by atoms with E-state index in [9.17, 15) is 18.4 Å². The Morgan fingerprint density at radius 3 is 2.43 bits per heavy atom. The van der Waals surface area contributed by atoms with Crippen LogP contribution in [0.4, 0.5) is 13.6 Å². The van der Waals surface area contributed by atoms with Gasteiger partial charge in [0, 0.05) is 37.7 Å². The summed E-state index contributed by atoms with van der Waals surface area (Å²) >= 11 is 0. The summed E-state index contributed by atoms with van der Waals surface area (Å²) in [5.41, 5.74) is 6.27. The minimum atomic E-state index is -0.619. The molecule has 1 aromatic carbocycles. The topological polar surface area (TPSA) is 75.9 Å². The molecule has 3 atom stereocenters. The average Bonchev–Trinajstić information content (AvgIpc) is 3.38. The third kappa shape index (κ3) is 5.10. The van der Waals surface area contributed by atoms with E-state index in [1.807, 2.05) is 9.80 Å². The second-order valence-corrected chi connectivity index (χ2v) is 12.6. The minimum absolute atomic E-state index is 0.0276. The first kappa shape index (κ1) is 26.4. The highest BCUT2D eigenvalue weighted by Gasteiger charge is 2.50. The zero-order valence-electron chi connectivity index (χ0n) is 22.2. The molecule has 4 aliphatic rings. The number of nitrogens with two attached hydrogens (primary N) is 1. The molecule has 2 amide bonds. The Kier molecular flexibility index (Phi) is 7.24. The van der Waals surface area contributed by atoms with Crippen molar-refractivity contribution in [3.05, 3.63) is 35.4 Å². The smallest absolute Gasteiger partial charge is 0.410 e. The summed E-state index contributed by atoms with van der Waals surface area (Å²) < 4.78 is 33.6. The molecule has 4 fully saturated rings. The summed E-state index contributed by atoms with van der Waals surface area (Å²) in [7, 11) is 0. The third-order valence-electron chi connectivity index (χ3n) is 9.79. The van der Waals surface area contributed by atoms with E-state index in [4.69, 9.17) is 10.5 Å². The van der Waals surface area contributed by atoms with Crippen molar-refractivity contribution in [2.75, 3.05) is 26.2 Å². The largest absolute Gasteiger partial charge is 0.447 e. The van der Waals surface area contributed by atoms with Crippen LogP contribution in [0.15, 0.2) is 18.2 Å². The normalized spacial score (nSPS) is 30.0. The zero-order valence-corrected chi connectivity index (χ0v) is 22.2. The van der Waals surface area contributed by atoms with Gasteiger partial charge >= 0.3 is 6.09 Å². The van der Waals surface area contributed by atoms with Gasteiger partial charge in [0.05, 0.1) is 5.54 Å². The van der Waals surface area contributed by atoms with Crippen LogP contribution in [0.5, 0.6) is 0 Å². The number of piperidine rings is 1. The summed E-state index contributed by atoms with van der Waals surface area (Å²) in [6, 6.07) is 3.44. The Morgan fingerprint density at radius 2 is 1.81 bits per heavy atom. The monoisotopic (exact) mass is 517 g/mol. The molecule has 2 N–H and O–H groups in total. The number of benzene rings is 1. The van der Waals surface area contributed by atoms with Gasteiger partial charge < -0.3 is 15.4 Å². The van der Waals surface area contributed by atoms with E-state index >= 15 is 0 Å². The highest BCUT2D eigenvalue weighted by Crippen LogP contribution is 2.49. The number of rotatable bonds is 5. The van der Waals surface area contributed by atoms with E-state index < -0.39 is 17.6 Å². The first-order valence-corrected chi connectivity index (χ1v) is 14.0. The molecule has 0 spiro atoms. The summed E-state index contributed by atoms with van der Waals surface area (Å²) in [5, 5.41) is 0. The fourth-order valence-electron chi connectivity index (χ4n) is 7.55. The number of nitrogens with zero attached hydrogens (tertiary/aromatic N) is 2. The van der Waals surface area contributed by atoms with Crippen molar-refractivity contribution >= 4 is 12.0 Å². The number of likely N-dealkylation sites (tertiary alicyclic amines) is 1. The Balaban J connectivity index is 1.33. The maximum Gasteiger partial charge on any atom is 0.410 e. The highest BCUT2D eigenvalue weighted by molar-refractivity contribution is 5.80. The van der Waals surface area contributed by atoms with Gasteiger partial charge in [-0.05, 0) is 81.3 Å². The fourth-order valence-corrected chi connectivity index (χ4v) is 7.55. The van der Waals surface area contributed by atoms with Gasteiger partial charge in [-0.25, -0.2) is 13.6 Å². The molecule has 0 bridgehead atoms. The molecule has 2 unspecified atom stereocenters. The van der Waals surface area contributed by atoms with Crippen LogP contribution in [-0.4, -0.2) is 59.6 Å². The number of carbonyl (C=O) groups is 2. The molecule has 6 nitrogen and oxygen atoms in total. The lowest BCUT2D eigenvalue weighted by atomic mass is 9.63. The van der Waals surface area contributed by atoms with Crippen molar-refractivity contribution in [3.63, 3.8) is 0 Å². The molecule has 2 aliphatic heterocycles. The van der Waals surface area contributed by atoms with Crippen molar-refractivity contribution in [1.82, 2.24) is 9.80 Å². The van der Waals surface area contributed by atoms with Crippen molar-refractivity contribution in [3.8, 4) is 0 Å². The maximum absolute atomic E-state index is 14.7. The maximum atomic E-state index is 14.7. The standard InChI is InChI=1S/C29H41F2N3O3/c1-28(2)18-37-27(36)34(28)17-29(19-6-4-3-5-7-19)10-12-33(13-11-29)26(35)24-16-21(32)15-23(24)22-9-8-20(30)14-25(22)31/h8-9,14,19,21,23-24H,3-7,10-13,15-18,32H2,1-2H3/t21-,23?,24?/m1/s1. The quantitative estimate of drug-likeness (QED) is 0.582. The molecule has 2 saturated carbocycles. The third-order valence-corrected chi connectivity index (χ3v) is 9.79. The summed E-state index contributed by atoms with van der Waals surface area (Å²) in [5.74, 6) is -1.40. The lowest BCUT2D eigenvalue weighted by Crippen LogP contribution is -2.55. The predicted molar refractivity (Wildman–Crippen MR) is 137 cm³/mol. The number of carbonyl (C=O) groups excluding carboxylic acids is 2. The zero-order chi connectivity index (χ0) is 26.4. The molecule has 2 aliphatic carbocycles. The van der Waals surface area contributed by atoms with Crippen LogP contribution < -0.4 is 5.73 Å². The van der Waals surface area contributed by atoms with Gasteiger partial charge in [0.2, 0.25) is 5.91 Å². The molecule has 2 heterocycles. The van der Waals surface area contributed by atoms with Crippen molar-refractivity contribution < 1.29 is 23.1 Å². The molecule has 8 heteroatoms. The van der Waals surface area contributed by atoms with Crippen LogP contribution in [0, 0.1) is 28.9 Å². The highest BCUT2D eigenvalue weighted by atomic mass is 19.1. The van der Waals surface area contributed by atoms with Crippen LogP contribution in [-0.2, 0) is 9.53 Å². The average molecular weight is 518 g/mol. The fraction of sp³-hybridized carbons (Fsp3) is 0.724. The summed E-state index contributed by atoms with van der Waals surface area (Å²) in [4.78, 5) is 30.3. The van der Waals surface area contributed by atoms with E-state index in [-0.39, 0.29) is 34.9 Å². The van der Waals surface area contributed by atoms with Gasteiger partial charge in [0.15, 0.2) is 0 Å². The van der Waals surface area contributed by atoms with Gasteiger partial charge in [-0.15, -0.1) is 0 Å². The van der Waals surface area contributed by atoms with Crippen molar-refractivity contribution in [2.45, 2.75) is 89.1 Å². The van der Waals surface area contributed by atoms with Crippen LogP contribution in [0.1, 0.15) is 83.1 Å². The number of amides is 2. The van der Waals surface area contributed by atoms with E-state index in [0.717, 1.165) is 18.9 Å². The van der Waals surface area contributed by atoms with Gasteiger partial charge in [0.1, 0.15) is 18.2 Å². The van der Waals surface area contributed by atoms with E-state index in [0.29, 0.717) is 50.6 Å². The molecular formula is C29H41F2N3O3. The van der Waals surface area contributed by atoms with E-state index in [2.05, 4.69) is 13.8 Å². The van der Waals surface area contributed by atoms with Gasteiger partial charge in [-0.3, -0.25) is 9.69 Å². The minimum Gasteiger partial charge on any atom is -0.447 e. The van der Waals surface area contributed by atoms with Gasteiger partial charge in [-0.1, -0.05) is 25.3 Å². The molecule has 1 aromatic rings. The van der Waals surface area contributed by atoms with Crippen LogP contribution in [0.25, 0.3) is 0 Å². The number of halogens is 2. The molecule has 37 heavy (non-hydrogen) atoms. The Labute approximate surface area is 218 Å². The molecule has 0 aromatic heterocycles. The van der Waals surface area contributed by atoms with Crippen LogP contribution in [0.2, 0.25) is 0 Å². The first-order chi connectivity index (χ1) is 17.6. The van der Waals surface area contributed by atoms with Crippen molar-refractivity contribution in [2.24, 2.45) is 23.0 Å². The van der Waals surface area contributed by atoms with Crippen LogP contribution in [0.3, 0.4) is 0 Å². The Morgan fingerprint density at radius 1 is 1.11 bits per heavy atom. The van der Waals surface area contributed by atoms with E-state index in [1.54, 1.807) is 0 Å². The first-order valence-electron chi connectivity index (χ1n) is 14.0. The van der Waals surface area contributed by atoms with E-state index in [1.165, 1.54) is 44.2 Å². The Bertz CT molecular complexity index is 1020. The Hall–Kier alpha value is -2.22.